The highest BCUT2D eigenvalue weighted by atomic mass is 35.5. The average Bonchev–Trinajstić information content (AvgIpc) is 3.49. The predicted octanol–water partition coefficient (Wildman–Crippen LogP) is 10.7. The van der Waals surface area contributed by atoms with Gasteiger partial charge in [0.1, 0.15) is 12.4 Å². The Morgan fingerprint density at radius 3 is 2.05 bits per heavy atom. The number of carbonyl (C=O) groups is 1. The third kappa shape index (κ3) is 12.5. The summed E-state index contributed by atoms with van der Waals surface area (Å²) in [6.45, 7) is 22.8. The van der Waals surface area contributed by atoms with Crippen molar-refractivity contribution in [3.05, 3.63) is 114 Å². The third-order valence-corrected chi connectivity index (χ3v) is 20.6. The second kappa shape index (κ2) is 19.9. The first-order chi connectivity index (χ1) is 25.9. The normalized spacial score (nSPS) is 19.0. The standard InChI is InChI=1S/C46H65ClO6Si2/c1-35(2)51-44(48)29-20-12-11-19-28-41-42(31-30-38(52-54(9,10)45(3,4)5)33-49-37-23-21-22-36(47)32-37)50-34-43(41)53-55(46(6,7)8,39-24-15-13-16-25-39)40-26-17-14-18-27-40/h11-18,21-27,30-32,35,38,41-43H,19-20,28-29,33-34H2,1-10H3/b12-11-,31-30+/t38-,41-,42-,43+/m1/s1. The number of benzene rings is 3. The van der Waals surface area contributed by atoms with E-state index in [-0.39, 0.29) is 46.4 Å². The summed E-state index contributed by atoms with van der Waals surface area (Å²) in [5.74, 6) is 0.625. The van der Waals surface area contributed by atoms with Crippen molar-refractivity contribution in [1.82, 2.24) is 0 Å². The van der Waals surface area contributed by atoms with Gasteiger partial charge in [0.25, 0.3) is 8.32 Å². The Balaban J connectivity index is 1.66. The monoisotopic (exact) mass is 804 g/mol. The second-order valence-corrected chi connectivity index (χ2v) is 26.9. The molecule has 1 fully saturated rings. The molecule has 55 heavy (non-hydrogen) atoms. The van der Waals surface area contributed by atoms with Crippen LogP contribution in [0.25, 0.3) is 0 Å². The van der Waals surface area contributed by atoms with Crippen LogP contribution < -0.4 is 15.1 Å². The zero-order chi connectivity index (χ0) is 40.3. The summed E-state index contributed by atoms with van der Waals surface area (Å²) in [5.41, 5.74) is 0. The fraction of sp³-hybridized carbons (Fsp3) is 0.500. The molecular weight excluding hydrogens is 740 g/mol. The molecule has 9 heteroatoms. The first-order valence-electron chi connectivity index (χ1n) is 19.9. The van der Waals surface area contributed by atoms with Gasteiger partial charge in [-0.15, -0.1) is 0 Å². The van der Waals surface area contributed by atoms with Crippen molar-refractivity contribution in [3.63, 3.8) is 0 Å². The molecule has 1 heterocycles. The largest absolute Gasteiger partial charge is 0.491 e. The molecule has 1 saturated heterocycles. The number of halogens is 1. The van der Waals surface area contributed by atoms with Crippen LogP contribution in [0.2, 0.25) is 28.2 Å². The summed E-state index contributed by atoms with van der Waals surface area (Å²) < 4.78 is 33.0. The van der Waals surface area contributed by atoms with E-state index in [1.165, 1.54) is 10.4 Å². The van der Waals surface area contributed by atoms with Crippen LogP contribution in [-0.2, 0) is 23.1 Å². The van der Waals surface area contributed by atoms with Gasteiger partial charge in [-0.25, -0.2) is 0 Å². The van der Waals surface area contributed by atoms with Crippen LogP contribution in [0.5, 0.6) is 5.75 Å². The van der Waals surface area contributed by atoms with Crippen LogP contribution in [0.4, 0.5) is 0 Å². The van der Waals surface area contributed by atoms with Crippen molar-refractivity contribution in [1.29, 1.82) is 0 Å². The van der Waals surface area contributed by atoms with Gasteiger partial charge in [-0.05, 0) is 84.9 Å². The van der Waals surface area contributed by atoms with E-state index in [1.54, 1.807) is 0 Å². The van der Waals surface area contributed by atoms with Gasteiger partial charge in [0.15, 0.2) is 8.32 Å². The molecule has 4 atom stereocenters. The molecule has 0 aromatic heterocycles. The highest BCUT2D eigenvalue weighted by Gasteiger charge is 2.53. The fourth-order valence-electron chi connectivity index (χ4n) is 6.95. The van der Waals surface area contributed by atoms with Crippen molar-refractivity contribution < 1.29 is 27.9 Å². The summed E-state index contributed by atoms with van der Waals surface area (Å²) in [6, 6.07) is 29.1. The van der Waals surface area contributed by atoms with Crippen molar-refractivity contribution in [2.45, 2.75) is 129 Å². The third-order valence-electron chi connectivity index (χ3n) is 10.8. The number of rotatable bonds is 18. The number of esters is 1. The second-order valence-electron chi connectivity index (χ2n) is 17.5. The number of hydrogen-bond donors (Lipinski definition) is 0. The van der Waals surface area contributed by atoms with Crippen LogP contribution >= 0.6 is 11.6 Å². The Labute approximate surface area is 338 Å². The Morgan fingerprint density at radius 1 is 0.873 bits per heavy atom. The minimum atomic E-state index is -2.85. The van der Waals surface area contributed by atoms with E-state index in [1.807, 2.05) is 38.1 Å². The van der Waals surface area contributed by atoms with Crippen molar-refractivity contribution in [2.75, 3.05) is 13.2 Å². The number of allylic oxidation sites excluding steroid dienone is 2. The molecule has 0 amide bonds. The van der Waals surface area contributed by atoms with Crippen LogP contribution in [0.15, 0.2) is 109 Å². The Morgan fingerprint density at radius 2 is 1.49 bits per heavy atom. The molecule has 0 saturated carbocycles. The quantitative estimate of drug-likeness (QED) is 0.0725. The van der Waals surface area contributed by atoms with Gasteiger partial charge in [-0.2, -0.15) is 0 Å². The summed E-state index contributed by atoms with van der Waals surface area (Å²) in [4.78, 5) is 12.1. The fourth-order valence-corrected chi connectivity index (χ4v) is 13.1. The zero-order valence-electron chi connectivity index (χ0n) is 34.8. The molecule has 6 nitrogen and oxygen atoms in total. The summed E-state index contributed by atoms with van der Waals surface area (Å²) in [6.07, 6.45) is 10.6. The van der Waals surface area contributed by atoms with Crippen molar-refractivity contribution in [3.8, 4) is 5.75 Å². The number of hydrogen-bond acceptors (Lipinski definition) is 6. The Kier molecular flexibility index (Phi) is 16.2. The average molecular weight is 806 g/mol. The molecule has 0 spiro atoms. The van der Waals surface area contributed by atoms with Crippen LogP contribution in [0.1, 0.15) is 81.1 Å². The number of ether oxygens (including phenoxy) is 3. The lowest BCUT2D eigenvalue weighted by Crippen LogP contribution is -2.68. The van der Waals surface area contributed by atoms with Crippen LogP contribution in [-0.4, -0.2) is 60.2 Å². The molecule has 1 aliphatic rings. The minimum Gasteiger partial charge on any atom is -0.491 e. The molecule has 3 aromatic rings. The van der Waals surface area contributed by atoms with Gasteiger partial charge in [0.05, 0.1) is 31.0 Å². The lowest BCUT2D eigenvalue weighted by Gasteiger charge is -2.45. The van der Waals surface area contributed by atoms with Crippen molar-refractivity contribution in [2.24, 2.45) is 5.92 Å². The Bertz CT molecular complexity index is 1640. The van der Waals surface area contributed by atoms with E-state index in [0.29, 0.717) is 36.8 Å². The van der Waals surface area contributed by atoms with Gasteiger partial charge in [0, 0.05) is 17.4 Å². The molecule has 0 aliphatic carbocycles. The summed E-state index contributed by atoms with van der Waals surface area (Å²) in [5, 5.41) is 2.99. The van der Waals surface area contributed by atoms with Gasteiger partial charge < -0.3 is 23.1 Å². The summed E-state index contributed by atoms with van der Waals surface area (Å²) in [7, 11) is -5.01. The lowest BCUT2D eigenvalue weighted by molar-refractivity contribution is -0.147. The van der Waals surface area contributed by atoms with E-state index in [0.717, 1.165) is 12.8 Å². The highest BCUT2D eigenvalue weighted by molar-refractivity contribution is 6.99. The van der Waals surface area contributed by atoms with E-state index in [2.05, 4.69) is 140 Å². The molecule has 0 N–H and O–H groups in total. The Hall–Kier alpha value is -2.99. The summed E-state index contributed by atoms with van der Waals surface area (Å²) >= 11 is 6.29. The van der Waals surface area contributed by atoms with E-state index in [4.69, 9.17) is 34.7 Å². The molecule has 0 radical (unpaired) electrons. The smallest absolute Gasteiger partial charge is 0.306 e. The molecular formula is C46H65ClO6Si2. The molecule has 0 unspecified atom stereocenters. The SMILES string of the molecule is CC(C)OC(=O)CC/C=C\CC[C@H]1[C@@H](O[Si](c2ccccc2)(c2ccccc2)C(C)(C)C)CO[C@@H]1/C=C/[C@H](COc1cccc(Cl)c1)O[Si](C)(C)C(C)(C)C. The highest BCUT2D eigenvalue weighted by Crippen LogP contribution is 2.41. The maximum absolute atomic E-state index is 12.1. The maximum Gasteiger partial charge on any atom is 0.306 e. The van der Waals surface area contributed by atoms with Gasteiger partial charge in [0.2, 0.25) is 0 Å². The van der Waals surface area contributed by atoms with Gasteiger partial charge in [-0.1, -0.05) is 144 Å². The first-order valence-corrected chi connectivity index (χ1v) is 25.1. The molecule has 300 valence electrons. The lowest BCUT2D eigenvalue weighted by atomic mass is 9.93. The molecule has 3 aromatic carbocycles. The van der Waals surface area contributed by atoms with E-state index < -0.39 is 16.6 Å². The van der Waals surface area contributed by atoms with Crippen LogP contribution in [0.3, 0.4) is 0 Å². The maximum atomic E-state index is 12.1. The van der Waals surface area contributed by atoms with Crippen LogP contribution in [0, 0.1) is 5.92 Å². The molecule has 0 bridgehead atoms. The van der Waals surface area contributed by atoms with E-state index in [9.17, 15) is 4.79 Å². The minimum absolute atomic E-state index is 0.0219. The zero-order valence-corrected chi connectivity index (χ0v) is 37.6. The molecule has 1 aliphatic heterocycles. The van der Waals surface area contributed by atoms with Gasteiger partial charge in [-0.3, -0.25) is 4.79 Å². The molecule has 4 rings (SSSR count). The predicted molar refractivity (Wildman–Crippen MR) is 233 cm³/mol. The van der Waals surface area contributed by atoms with E-state index >= 15 is 0 Å². The van der Waals surface area contributed by atoms with Crippen molar-refractivity contribution >= 4 is 44.6 Å². The number of carbonyl (C=O) groups excluding carboxylic acids is 1. The van der Waals surface area contributed by atoms with Gasteiger partial charge >= 0.3 is 5.97 Å². The topological polar surface area (TPSA) is 63.2 Å². The first kappa shape index (κ1) is 44.7.